The third-order valence-electron chi connectivity index (χ3n) is 5.86. The zero-order valence-corrected chi connectivity index (χ0v) is 15.7. The van der Waals surface area contributed by atoms with Gasteiger partial charge in [0.25, 0.3) is 0 Å². The Bertz CT molecular complexity index is 809. The summed E-state index contributed by atoms with van der Waals surface area (Å²) in [6.45, 7) is 9.23. The van der Waals surface area contributed by atoms with Crippen molar-refractivity contribution in [3.63, 3.8) is 0 Å². The zero-order valence-electron chi connectivity index (χ0n) is 15.7. The average molecular weight is 349 g/mol. The normalized spacial score (nSPS) is 16.8. The lowest BCUT2D eigenvalue weighted by molar-refractivity contribution is -0.130. The Balaban J connectivity index is 1.36. The molecule has 0 unspecified atom stereocenters. The summed E-state index contributed by atoms with van der Waals surface area (Å²) in [5, 5.41) is 0. The van der Waals surface area contributed by atoms with Crippen LogP contribution in [-0.4, -0.2) is 50.1 Å². The second-order valence-electron chi connectivity index (χ2n) is 7.39. The van der Waals surface area contributed by atoms with Crippen LogP contribution in [0.15, 0.2) is 42.5 Å². The molecular weight excluding hydrogens is 322 g/mol. The van der Waals surface area contributed by atoms with E-state index in [2.05, 4.69) is 66.1 Å². The Kier molecular flexibility index (Phi) is 4.58. The first kappa shape index (κ1) is 17.0. The molecule has 1 fully saturated rings. The maximum Gasteiger partial charge on any atom is 0.242 e. The third kappa shape index (κ3) is 3.16. The Labute approximate surface area is 156 Å². The van der Waals surface area contributed by atoms with E-state index >= 15 is 0 Å². The van der Waals surface area contributed by atoms with Gasteiger partial charge in [-0.05, 0) is 49.1 Å². The van der Waals surface area contributed by atoms with Gasteiger partial charge in [-0.1, -0.05) is 30.3 Å². The Hall–Kier alpha value is -2.49. The standard InChI is InChI=1S/C22H27N3O/c1-17-6-5-9-20(18(17)2)23-12-14-24(15-13-23)22(26)16-25-11-10-19-7-3-4-8-21(19)25/h3-9H,10-16H2,1-2H3. The van der Waals surface area contributed by atoms with Crippen molar-refractivity contribution < 1.29 is 4.79 Å². The molecule has 2 heterocycles. The van der Waals surface area contributed by atoms with Gasteiger partial charge in [-0.3, -0.25) is 4.79 Å². The average Bonchev–Trinajstić information content (AvgIpc) is 3.07. The van der Waals surface area contributed by atoms with Crippen molar-refractivity contribution in [1.29, 1.82) is 0 Å². The molecule has 0 spiro atoms. The highest BCUT2D eigenvalue weighted by atomic mass is 16.2. The fraction of sp³-hybridized carbons (Fsp3) is 0.409. The summed E-state index contributed by atoms with van der Waals surface area (Å²) in [7, 11) is 0. The molecule has 136 valence electrons. The first-order valence-corrected chi connectivity index (χ1v) is 9.55. The molecule has 0 aliphatic carbocycles. The van der Waals surface area contributed by atoms with Gasteiger partial charge in [0.1, 0.15) is 0 Å². The number of amides is 1. The molecule has 1 saturated heterocycles. The Morgan fingerprint density at radius 3 is 2.42 bits per heavy atom. The maximum absolute atomic E-state index is 12.8. The summed E-state index contributed by atoms with van der Waals surface area (Å²) in [4.78, 5) is 19.5. The fourth-order valence-corrected chi connectivity index (χ4v) is 4.11. The number of benzene rings is 2. The Morgan fingerprint density at radius 2 is 1.62 bits per heavy atom. The van der Waals surface area contributed by atoms with E-state index in [1.165, 1.54) is 28.1 Å². The smallest absolute Gasteiger partial charge is 0.242 e. The molecule has 0 atom stereocenters. The maximum atomic E-state index is 12.8. The molecule has 0 bridgehead atoms. The molecular formula is C22H27N3O. The predicted octanol–water partition coefficient (Wildman–Crippen LogP) is 3.01. The van der Waals surface area contributed by atoms with E-state index in [1.54, 1.807) is 0 Å². The molecule has 0 saturated carbocycles. The Morgan fingerprint density at radius 1 is 0.885 bits per heavy atom. The van der Waals surface area contributed by atoms with Crippen LogP contribution in [0.25, 0.3) is 0 Å². The van der Waals surface area contributed by atoms with E-state index in [1.807, 2.05) is 4.90 Å². The summed E-state index contributed by atoms with van der Waals surface area (Å²) in [6, 6.07) is 14.9. The first-order chi connectivity index (χ1) is 12.6. The van der Waals surface area contributed by atoms with Crippen LogP contribution in [0.1, 0.15) is 16.7 Å². The number of hydrogen-bond donors (Lipinski definition) is 0. The van der Waals surface area contributed by atoms with Crippen LogP contribution >= 0.6 is 0 Å². The quantitative estimate of drug-likeness (QED) is 0.852. The van der Waals surface area contributed by atoms with Crippen LogP contribution in [0.5, 0.6) is 0 Å². The number of carbonyl (C=O) groups excluding carboxylic acids is 1. The minimum Gasteiger partial charge on any atom is -0.368 e. The van der Waals surface area contributed by atoms with Gasteiger partial charge in [0.15, 0.2) is 0 Å². The number of para-hydroxylation sites is 1. The van der Waals surface area contributed by atoms with Gasteiger partial charge in [-0.15, -0.1) is 0 Å². The van der Waals surface area contributed by atoms with E-state index in [-0.39, 0.29) is 5.91 Å². The van der Waals surface area contributed by atoms with Crippen LogP contribution in [0.3, 0.4) is 0 Å². The number of anilines is 2. The lowest BCUT2D eigenvalue weighted by atomic mass is 10.1. The fourth-order valence-electron chi connectivity index (χ4n) is 4.11. The van der Waals surface area contributed by atoms with Gasteiger partial charge in [0.05, 0.1) is 6.54 Å². The molecule has 4 heteroatoms. The van der Waals surface area contributed by atoms with Crippen LogP contribution in [-0.2, 0) is 11.2 Å². The first-order valence-electron chi connectivity index (χ1n) is 9.55. The molecule has 2 aliphatic rings. The van der Waals surface area contributed by atoms with Crippen molar-refractivity contribution in [3.05, 3.63) is 59.2 Å². The van der Waals surface area contributed by atoms with Crippen LogP contribution in [0.2, 0.25) is 0 Å². The van der Waals surface area contributed by atoms with Crippen LogP contribution < -0.4 is 9.80 Å². The number of rotatable bonds is 3. The van der Waals surface area contributed by atoms with E-state index in [4.69, 9.17) is 0 Å². The van der Waals surface area contributed by atoms with Crippen molar-refractivity contribution in [1.82, 2.24) is 4.90 Å². The van der Waals surface area contributed by atoms with E-state index in [0.29, 0.717) is 6.54 Å². The molecule has 0 radical (unpaired) electrons. The van der Waals surface area contributed by atoms with E-state index < -0.39 is 0 Å². The number of fused-ring (bicyclic) bond motifs is 1. The second kappa shape index (κ2) is 7.02. The molecule has 4 nitrogen and oxygen atoms in total. The molecule has 4 rings (SSSR count). The SMILES string of the molecule is Cc1cccc(N2CCN(C(=O)CN3CCc4ccccc43)CC2)c1C. The molecule has 0 N–H and O–H groups in total. The van der Waals surface area contributed by atoms with Gasteiger partial charge in [0.2, 0.25) is 5.91 Å². The van der Waals surface area contributed by atoms with E-state index in [0.717, 1.165) is 39.1 Å². The molecule has 2 aliphatic heterocycles. The van der Waals surface area contributed by atoms with Crippen LogP contribution in [0.4, 0.5) is 11.4 Å². The van der Waals surface area contributed by atoms with Gasteiger partial charge in [-0.2, -0.15) is 0 Å². The summed E-state index contributed by atoms with van der Waals surface area (Å²) in [5.41, 5.74) is 6.58. The molecule has 0 aromatic heterocycles. The minimum absolute atomic E-state index is 0.252. The summed E-state index contributed by atoms with van der Waals surface area (Å²) >= 11 is 0. The largest absolute Gasteiger partial charge is 0.368 e. The highest BCUT2D eigenvalue weighted by Gasteiger charge is 2.26. The van der Waals surface area contributed by atoms with Gasteiger partial charge in [0, 0.05) is 44.1 Å². The second-order valence-corrected chi connectivity index (χ2v) is 7.39. The number of hydrogen-bond acceptors (Lipinski definition) is 3. The molecule has 2 aromatic rings. The highest BCUT2D eigenvalue weighted by Crippen LogP contribution is 2.27. The zero-order chi connectivity index (χ0) is 18.1. The highest BCUT2D eigenvalue weighted by molar-refractivity contribution is 5.82. The number of aryl methyl sites for hydroxylation is 1. The topological polar surface area (TPSA) is 26.8 Å². The lowest BCUT2D eigenvalue weighted by Gasteiger charge is -2.37. The summed E-state index contributed by atoms with van der Waals surface area (Å²) in [6.07, 6.45) is 1.05. The lowest BCUT2D eigenvalue weighted by Crippen LogP contribution is -2.51. The van der Waals surface area contributed by atoms with Crippen molar-refractivity contribution in [2.45, 2.75) is 20.3 Å². The number of nitrogens with zero attached hydrogens (tertiary/aromatic N) is 3. The molecule has 26 heavy (non-hydrogen) atoms. The number of carbonyl (C=O) groups is 1. The molecule has 1 amide bonds. The summed E-state index contributed by atoms with van der Waals surface area (Å²) in [5.74, 6) is 0.252. The predicted molar refractivity (Wildman–Crippen MR) is 107 cm³/mol. The van der Waals surface area contributed by atoms with Crippen molar-refractivity contribution in [2.24, 2.45) is 0 Å². The van der Waals surface area contributed by atoms with Crippen LogP contribution in [0, 0.1) is 13.8 Å². The summed E-state index contributed by atoms with van der Waals surface area (Å²) < 4.78 is 0. The van der Waals surface area contributed by atoms with E-state index in [9.17, 15) is 4.79 Å². The van der Waals surface area contributed by atoms with Crippen molar-refractivity contribution in [2.75, 3.05) is 49.1 Å². The number of piperazine rings is 1. The van der Waals surface area contributed by atoms with Gasteiger partial charge >= 0.3 is 0 Å². The van der Waals surface area contributed by atoms with Gasteiger partial charge < -0.3 is 14.7 Å². The third-order valence-corrected chi connectivity index (χ3v) is 5.86. The van der Waals surface area contributed by atoms with Crippen molar-refractivity contribution >= 4 is 17.3 Å². The monoisotopic (exact) mass is 349 g/mol. The van der Waals surface area contributed by atoms with Gasteiger partial charge in [-0.25, -0.2) is 0 Å². The molecule has 2 aromatic carbocycles. The minimum atomic E-state index is 0.252. The van der Waals surface area contributed by atoms with Crippen molar-refractivity contribution in [3.8, 4) is 0 Å².